The van der Waals surface area contributed by atoms with Crippen molar-refractivity contribution in [3.8, 4) is 0 Å². The van der Waals surface area contributed by atoms with Crippen LogP contribution in [0.1, 0.15) is 5.56 Å². The summed E-state index contributed by atoms with van der Waals surface area (Å²) in [7, 11) is -0.534. The molecule has 0 atom stereocenters. The summed E-state index contributed by atoms with van der Waals surface area (Å²) in [4.78, 5) is 10.0. The molecule has 0 aliphatic carbocycles. The van der Waals surface area contributed by atoms with Crippen LogP contribution in [0.25, 0.3) is 10.8 Å². The third kappa shape index (κ3) is 9.56. The molecule has 2 aromatic carbocycles. The summed E-state index contributed by atoms with van der Waals surface area (Å²) >= 11 is 0. The second-order valence-electron chi connectivity index (χ2n) is 4.29. The summed E-state index contributed by atoms with van der Waals surface area (Å²) in [6.07, 6.45) is 0. The van der Waals surface area contributed by atoms with E-state index in [-0.39, 0.29) is 52.4 Å². The van der Waals surface area contributed by atoms with Crippen molar-refractivity contribution in [2.75, 3.05) is 0 Å². The molecule has 0 saturated heterocycles. The van der Waals surface area contributed by atoms with Crippen molar-refractivity contribution in [2.24, 2.45) is 5.73 Å². The van der Waals surface area contributed by atoms with Crippen LogP contribution in [0, 0.1) is 6.92 Å². The van der Waals surface area contributed by atoms with E-state index in [9.17, 15) is 4.79 Å². The Kier molecular flexibility index (Phi) is 15.3. The summed E-state index contributed by atoms with van der Waals surface area (Å²) in [5, 5.41) is 2.69. The number of nitrogens with two attached hydrogens (primary N) is 1. The second-order valence-corrected chi connectivity index (χ2v) is 6.73. The number of primary amides is 1. The Hall–Kier alpha value is -0.319. The molecule has 0 aliphatic heterocycles. The van der Waals surface area contributed by atoms with Gasteiger partial charge < -0.3 is 30.5 Å². The predicted molar refractivity (Wildman–Crippen MR) is 77.0 cm³/mol. The van der Waals surface area contributed by atoms with E-state index in [1.54, 1.807) is 5.67 Å². The topological polar surface area (TPSA) is 43.1 Å². The average Bonchev–Trinajstić information content (AvgIpc) is 2.56. The Morgan fingerprint density at radius 2 is 1.80 bits per heavy atom. The molecule has 0 aliphatic rings. The maximum absolute atomic E-state index is 10.0. The third-order valence-electron chi connectivity index (χ3n) is 2.19. The number of fused-ring (bicyclic) bond motifs is 1. The minimum atomic E-state index is -0.534. The van der Waals surface area contributed by atoms with Crippen molar-refractivity contribution < 1.29 is 51.3 Å². The zero-order chi connectivity index (χ0) is 12.8. The molecule has 1 amide bonds. The summed E-state index contributed by atoms with van der Waals surface area (Å²) < 4.78 is 0. The van der Waals surface area contributed by atoms with Gasteiger partial charge in [-0.25, -0.2) is 0 Å². The van der Waals surface area contributed by atoms with E-state index in [1.165, 1.54) is 16.3 Å². The standard InChI is InChI=1S/C10H9.C4H9NOSi.2ClH.Ti/c1-8-6-9-4-2-3-5-10(9)7-8;1-7(2)3-4(5)6;;;/h2-7H,1H3;3H,1-2H3,(H2,5,6);2*1H;/q-1;;;;+3/p-2. The Labute approximate surface area is 149 Å². The van der Waals surface area contributed by atoms with Crippen LogP contribution in [-0.2, 0) is 26.5 Å². The molecule has 2 rings (SSSR count). The van der Waals surface area contributed by atoms with Gasteiger partial charge in [0.05, 0.1) is 0 Å². The van der Waals surface area contributed by atoms with Crippen molar-refractivity contribution in [3.63, 3.8) is 0 Å². The first kappa shape index (κ1) is 24.7. The van der Waals surface area contributed by atoms with Crippen LogP contribution >= 0.6 is 0 Å². The normalized spacial score (nSPS) is 7.95. The van der Waals surface area contributed by atoms with Gasteiger partial charge in [0.25, 0.3) is 0 Å². The maximum Gasteiger partial charge on any atom is 3.00 e. The van der Waals surface area contributed by atoms with Crippen molar-refractivity contribution >= 4 is 30.8 Å². The first-order valence-corrected chi connectivity index (χ1v) is 8.13. The third-order valence-corrected chi connectivity index (χ3v) is 3.06. The molecule has 6 heteroatoms. The number of benzene rings is 1. The fraction of sp³-hybridized carbons (Fsp3) is 0.214. The van der Waals surface area contributed by atoms with Gasteiger partial charge in [-0.15, -0.1) is 40.6 Å². The molecule has 20 heavy (non-hydrogen) atoms. The summed E-state index contributed by atoms with van der Waals surface area (Å²) in [5.74, 6) is -0.293. The first-order valence-electron chi connectivity index (χ1n) is 5.55. The van der Waals surface area contributed by atoms with Gasteiger partial charge >= 0.3 is 21.7 Å². The number of carbonyl (C=O) groups excluding carboxylic acids is 1. The van der Waals surface area contributed by atoms with Crippen LogP contribution in [0.3, 0.4) is 0 Å². The minimum absolute atomic E-state index is 0. The molecule has 0 spiro atoms. The molecule has 107 valence electrons. The van der Waals surface area contributed by atoms with Crippen molar-refractivity contribution in [2.45, 2.75) is 20.0 Å². The molecule has 2 N–H and O–H groups in total. The number of hydrogen-bond donors (Lipinski definition) is 1. The fourth-order valence-electron chi connectivity index (χ4n) is 1.59. The van der Waals surface area contributed by atoms with Crippen LogP contribution in [0.2, 0.25) is 13.1 Å². The quantitative estimate of drug-likeness (QED) is 0.415. The van der Waals surface area contributed by atoms with Gasteiger partial charge in [-0.2, -0.15) is 6.07 Å². The number of carbonyl (C=O) groups is 1. The summed E-state index contributed by atoms with van der Waals surface area (Å²) in [6.45, 7) is 6.14. The smallest absolute Gasteiger partial charge is 1.00 e. The Morgan fingerprint density at radius 3 is 2.20 bits per heavy atom. The SMILES string of the molecule is C[Si](C)=CC(N)=O.Cc1cc2ccccc2[cH-]1.[Cl-].[Cl-].[Ti+3]. The molecule has 0 unspecified atom stereocenters. The van der Waals surface area contributed by atoms with E-state index in [0.29, 0.717) is 0 Å². The molecular formula is C14H18Cl2NOSiTi. The molecular weight excluding hydrogens is 345 g/mol. The Morgan fingerprint density at radius 1 is 1.25 bits per heavy atom. The van der Waals surface area contributed by atoms with E-state index in [2.05, 4.69) is 43.3 Å². The number of aryl methyl sites for hydroxylation is 1. The Balaban J connectivity index is -0.000000265. The van der Waals surface area contributed by atoms with E-state index >= 15 is 0 Å². The van der Waals surface area contributed by atoms with Gasteiger partial charge in [0, 0.05) is 8.41 Å². The van der Waals surface area contributed by atoms with Gasteiger partial charge in [0.15, 0.2) is 0 Å². The van der Waals surface area contributed by atoms with Crippen LogP contribution in [0.15, 0.2) is 36.4 Å². The van der Waals surface area contributed by atoms with Gasteiger partial charge in [-0.3, -0.25) is 4.79 Å². The average molecular weight is 363 g/mol. The fourth-order valence-corrected chi connectivity index (χ4v) is 2.16. The van der Waals surface area contributed by atoms with Crippen molar-refractivity contribution in [1.82, 2.24) is 0 Å². The maximum atomic E-state index is 10.0. The molecule has 0 bridgehead atoms. The Bertz CT molecular complexity index is 518. The van der Waals surface area contributed by atoms with E-state index in [4.69, 9.17) is 5.73 Å². The monoisotopic (exact) mass is 362 g/mol. The van der Waals surface area contributed by atoms with E-state index in [1.807, 2.05) is 13.1 Å². The molecule has 0 heterocycles. The van der Waals surface area contributed by atoms with Gasteiger partial charge in [0.1, 0.15) is 0 Å². The van der Waals surface area contributed by atoms with Crippen LogP contribution in [0.5, 0.6) is 0 Å². The van der Waals surface area contributed by atoms with E-state index < -0.39 is 8.41 Å². The number of amides is 1. The minimum Gasteiger partial charge on any atom is -1.00 e. The summed E-state index contributed by atoms with van der Waals surface area (Å²) in [6, 6.07) is 12.8. The molecule has 0 fully saturated rings. The zero-order valence-corrected chi connectivity index (χ0v) is 15.9. The predicted octanol–water partition coefficient (Wildman–Crippen LogP) is -3.52. The molecule has 1 radical (unpaired) electrons. The number of halogens is 2. The molecule has 0 saturated carbocycles. The van der Waals surface area contributed by atoms with Crippen molar-refractivity contribution in [1.29, 1.82) is 0 Å². The van der Waals surface area contributed by atoms with Crippen LogP contribution in [-0.4, -0.2) is 20.0 Å². The van der Waals surface area contributed by atoms with Gasteiger partial charge in [0.2, 0.25) is 5.91 Å². The summed E-state index contributed by atoms with van der Waals surface area (Å²) in [5.41, 5.74) is 7.75. The van der Waals surface area contributed by atoms with E-state index in [0.717, 1.165) is 0 Å². The van der Waals surface area contributed by atoms with Crippen LogP contribution < -0.4 is 30.5 Å². The molecule has 0 aromatic heterocycles. The second kappa shape index (κ2) is 12.4. The zero-order valence-electron chi connectivity index (χ0n) is 11.8. The van der Waals surface area contributed by atoms with Crippen molar-refractivity contribution in [3.05, 3.63) is 42.0 Å². The first-order chi connectivity index (χ1) is 7.99. The van der Waals surface area contributed by atoms with Crippen LogP contribution in [0.4, 0.5) is 0 Å². The van der Waals surface area contributed by atoms with Gasteiger partial charge in [-0.05, 0) is 5.67 Å². The largest absolute Gasteiger partial charge is 3.00 e. The molecule has 2 nitrogen and oxygen atoms in total. The number of rotatable bonds is 1. The molecule has 2 aromatic rings. The number of hydrogen-bond acceptors (Lipinski definition) is 1. The van der Waals surface area contributed by atoms with Gasteiger partial charge in [-0.1, -0.05) is 26.1 Å².